The topological polar surface area (TPSA) is 89.5 Å². The molecule has 2 N–H and O–H groups in total. The number of ketones is 1. The van der Waals surface area contributed by atoms with Gasteiger partial charge in [-0.2, -0.15) is 0 Å². The Hall–Kier alpha value is -4.10. The summed E-state index contributed by atoms with van der Waals surface area (Å²) in [5.41, 5.74) is 5.20. The molecule has 1 unspecified atom stereocenters. The first-order valence-corrected chi connectivity index (χ1v) is 13.3. The molecule has 1 aliphatic heterocycles. The van der Waals surface area contributed by atoms with E-state index in [-0.39, 0.29) is 18.3 Å². The number of halogens is 1. The average molecular weight is 544 g/mol. The van der Waals surface area contributed by atoms with E-state index in [2.05, 4.69) is 15.6 Å². The molecule has 0 spiro atoms. The Morgan fingerprint density at radius 3 is 2.67 bits per heavy atom. The number of Topliss-reactive ketones (excluding diaryl/α,β-unsaturated/α-hetero) is 1. The van der Waals surface area contributed by atoms with E-state index in [1.807, 2.05) is 44.2 Å². The summed E-state index contributed by atoms with van der Waals surface area (Å²) in [6.07, 6.45) is 3.63. The number of aromatic nitrogens is 1. The van der Waals surface area contributed by atoms with Gasteiger partial charge in [0.1, 0.15) is 23.9 Å². The van der Waals surface area contributed by atoms with Gasteiger partial charge in [-0.3, -0.25) is 9.59 Å². The van der Waals surface area contributed by atoms with Gasteiger partial charge < -0.3 is 20.1 Å². The summed E-state index contributed by atoms with van der Waals surface area (Å²) in [4.78, 5) is 31.5. The molecule has 3 aromatic rings. The zero-order valence-corrected chi connectivity index (χ0v) is 22.9. The number of methoxy groups -OCH3 is 1. The first-order chi connectivity index (χ1) is 18.9. The molecule has 0 radical (unpaired) electrons. The SMILES string of the molecule is COc1ccc(C2C(C(=O)Nc3ncccc3C)=C(C)NC3=C2C(=O)CCC3)cc1COc1ccc(Cl)cc1. The van der Waals surface area contributed by atoms with E-state index >= 15 is 0 Å². The number of pyridine rings is 1. The fourth-order valence-electron chi connectivity index (χ4n) is 5.19. The van der Waals surface area contributed by atoms with E-state index in [9.17, 15) is 9.59 Å². The number of aryl methyl sites for hydroxylation is 1. The molecular formula is C31H30ClN3O4. The Morgan fingerprint density at radius 2 is 1.92 bits per heavy atom. The van der Waals surface area contributed by atoms with Gasteiger partial charge in [-0.15, -0.1) is 0 Å². The Balaban J connectivity index is 1.55. The van der Waals surface area contributed by atoms with Crippen LogP contribution >= 0.6 is 11.6 Å². The molecule has 7 nitrogen and oxygen atoms in total. The van der Waals surface area contributed by atoms with Crippen LogP contribution in [0.15, 0.2) is 83.3 Å². The van der Waals surface area contributed by atoms with E-state index in [0.717, 1.165) is 35.2 Å². The van der Waals surface area contributed by atoms with Crippen LogP contribution in [-0.4, -0.2) is 23.8 Å². The number of hydrogen-bond donors (Lipinski definition) is 2. The van der Waals surface area contributed by atoms with Crippen LogP contribution < -0.4 is 20.1 Å². The number of carbonyl (C=O) groups excluding carboxylic acids is 2. The molecule has 2 aromatic carbocycles. The van der Waals surface area contributed by atoms with Crippen LogP contribution in [0.1, 0.15) is 48.8 Å². The number of nitrogens with zero attached hydrogens (tertiary/aromatic N) is 1. The molecule has 1 aliphatic carbocycles. The van der Waals surface area contributed by atoms with Crippen LogP contribution in [0.25, 0.3) is 0 Å². The first-order valence-electron chi connectivity index (χ1n) is 12.9. The van der Waals surface area contributed by atoms with Gasteiger partial charge in [0.2, 0.25) is 0 Å². The summed E-state index contributed by atoms with van der Waals surface area (Å²) in [7, 11) is 1.61. The van der Waals surface area contributed by atoms with Crippen molar-refractivity contribution in [2.75, 3.05) is 12.4 Å². The molecule has 0 fully saturated rings. The van der Waals surface area contributed by atoms with E-state index in [1.54, 1.807) is 37.6 Å². The highest BCUT2D eigenvalue weighted by molar-refractivity contribution is 6.30. The lowest BCUT2D eigenvalue weighted by Gasteiger charge is -2.34. The molecule has 0 saturated carbocycles. The molecule has 1 amide bonds. The zero-order valence-electron chi connectivity index (χ0n) is 22.1. The van der Waals surface area contributed by atoms with E-state index in [0.29, 0.717) is 45.6 Å². The van der Waals surface area contributed by atoms with Gasteiger partial charge >= 0.3 is 0 Å². The van der Waals surface area contributed by atoms with Crippen molar-refractivity contribution in [3.8, 4) is 11.5 Å². The van der Waals surface area contributed by atoms with Gasteiger partial charge in [0.15, 0.2) is 5.78 Å². The summed E-state index contributed by atoms with van der Waals surface area (Å²) >= 11 is 6.01. The monoisotopic (exact) mass is 543 g/mol. The average Bonchev–Trinajstić information content (AvgIpc) is 2.93. The quantitative estimate of drug-likeness (QED) is 0.367. The third kappa shape index (κ3) is 5.54. The minimum Gasteiger partial charge on any atom is -0.496 e. The van der Waals surface area contributed by atoms with Crippen molar-refractivity contribution in [3.63, 3.8) is 0 Å². The summed E-state index contributed by atoms with van der Waals surface area (Å²) in [5, 5.41) is 6.96. The predicted molar refractivity (Wildman–Crippen MR) is 151 cm³/mol. The van der Waals surface area contributed by atoms with Crippen molar-refractivity contribution < 1.29 is 19.1 Å². The number of hydrogen-bond acceptors (Lipinski definition) is 6. The number of rotatable bonds is 7. The lowest BCUT2D eigenvalue weighted by Crippen LogP contribution is -2.35. The van der Waals surface area contributed by atoms with Gasteiger partial charge in [-0.25, -0.2) is 4.98 Å². The fraction of sp³-hybridized carbons (Fsp3) is 0.258. The molecule has 5 rings (SSSR count). The van der Waals surface area contributed by atoms with E-state index in [4.69, 9.17) is 21.1 Å². The molecular weight excluding hydrogens is 514 g/mol. The number of amides is 1. The van der Waals surface area contributed by atoms with Crippen LogP contribution in [0.3, 0.4) is 0 Å². The number of anilines is 1. The number of allylic oxidation sites excluding steroid dienone is 3. The summed E-state index contributed by atoms with van der Waals surface area (Å²) < 4.78 is 11.6. The summed E-state index contributed by atoms with van der Waals surface area (Å²) in [6, 6.07) is 16.6. The second kappa shape index (κ2) is 11.3. The smallest absolute Gasteiger partial charge is 0.255 e. The number of nitrogens with one attached hydrogen (secondary N) is 2. The molecule has 39 heavy (non-hydrogen) atoms. The van der Waals surface area contributed by atoms with Crippen molar-refractivity contribution in [1.29, 1.82) is 0 Å². The Labute approximate surface area is 232 Å². The minimum absolute atomic E-state index is 0.0512. The van der Waals surface area contributed by atoms with Crippen molar-refractivity contribution >= 4 is 29.1 Å². The van der Waals surface area contributed by atoms with Gasteiger partial charge in [0, 0.05) is 51.7 Å². The number of benzene rings is 2. The third-order valence-electron chi connectivity index (χ3n) is 7.11. The lowest BCUT2D eigenvalue weighted by atomic mass is 9.74. The van der Waals surface area contributed by atoms with Crippen molar-refractivity contribution in [3.05, 3.63) is 105 Å². The largest absolute Gasteiger partial charge is 0.496 e. The maximum absolute atomic E-state index is 13.8. The van der Waals surface area contributed by atoms with E-state index < -0.39 is 5.92 Å². The predicted octanol–water partition coefficient (Wildman–Crippen LogP) is 6.24. The zero-order chi connectivity index (χ0) is 27.5. The summed E-state index contributed by atoms with van der Waals surface area (Å²) in [6.45, 7) is 4.01. The summed E-state index contributed by atoms with van der Waals surface area (Å²) in [5.74, 6) is 1.02. The minimum atomic E-state index is -0.543. The molecule has 1 atom stereocenters. The Bertz CT molecular complexity index is 1490. The van der Waals surface area contributed by atoms with Gasteiger partial charge in [0.25, 0.3) is 5.91 Å². The van der Waals surface area contributed by atoms with Gasteiger partial charge in [-0.05, 0) is 80.3 Å². The molecule has 0 saturated heterocycles. The molecule has 2 heterocycles. The Morgan fingerprint density at radius 1 is 1.13 bits per heavy atom. The highest BCUT2D eigenvalue weighted by Gasteiger charge is 2.38. The standard InChI is InChI=1S/C31H30ClN3O4/c1-18-6-5-15-33-30(18)35-31(37)27-19(2)34-24-7-4-8-25(36)29(24)28(27)20-9-14-26(38-3)21(16-20)17-39-23-12-10-22(32)11-13-23/h5-6,9-16,28,34H,4,7-8,17H2,1-3H3,(H,33,35,37). The van der Waals surface area contributed by atoms with Gasteiger partial charge in [0.05, 0.1) is 7.11 Å². The van der Waals surface area contributed by atoms with E-state index in [1.165, 1.54) is 0 Å². The van der Waals surface area contributed by atoms with Crippen LogP contribution in [0.5, 0.6) is 11.5 Å². The van der Waals surface area contributed by atoms with Crippen molar-refractivity contribution in [1.82, 2.24) is 10.3 Å². The third-order valence-corrected chi connectivity index (χ3v) is 7.36. The highest BCUT2D eigenvalue weighted by atomic mass is 35.5. The van der Waals surface area contributed by atoms with Gasteiger partial charge in [-0.1, -0.05) is 23.7 Å². The second-order valence-electron chi connectivity index (χ2n) is 9.70. The first kappa shape index (κ1) is 26.5. The number of dihydropyridines is 1. The van der Waals surface area contributed by atoms with Crippen molar-refractivity contribution in [2.45, 2.75) is 45.6 Å². The number of ether oxygens (including phenoxy) is 2. The van der Waals surface area contributed by atoms with Crippen LogP contribution in [0.2, 0.25) is 5.02 Å². The maximum atomic E-state index is 13.8. The fourth-order valence-corrected chi connectivity index (χ4v) is 5.32. The number of carbonyl (C=O) groups is 2. The normalized spacial score (nSPS) is 16.9. The molecule has 1 aromatic heterocycles. The molecule has 0 bridgehead atoms. The molecule has 2 aliphatic rings. The van der Waals surface area contributed by atoms with Crippen LogP contribution in [-0.2, 0) is 16.2 Å². The lowest BCUT2D eigenvalue weighted by molar-refractivity contribution is -0.116. The molecule has 200 valence electrons. The van der Waals surface area contributed by atoms with Crippen molar-refractivity contribution in [2.24, 2.45) is 0 Å². The van der Waals surface area contributed by atoms with Crippen LogP contribution in [0, 0.1) is 6.92 Å². The van der Waals surface area contributed by atoms with Crippen LogP contribution in [0.4, 0.5) is 5.82 Å². The molecule has 8 heteroatoms. The highest BCUT2D eigenvalue weighted by Crippen LogP contribution is 2.43. The maximum Gasteiger partial charge on any atom is 0.255 e. The Kier molecular flexibility index (Phi) is 7.70. The second-order valence-corrected chi connectivity index (χ2v) is 10.1.